The van der Waals surface area contributed by atoms with Gasteiger partial charge in [0.25, 0.3) is 5.78 Å². The zero-order valence-electron chi connectivity index (χ0n) is 10.2. The third kappa shape index (κ3) is 4.33. The molecule has 1 aromatic heterocycles. The summed E-state index contributed by atoms with van der Waals surface area (Å²) in [6.45, 7) is -0.124. The summed E-state index contributed by atoms with van der Waals surface area (Å²) in [6.07, 6.45) is -4.46. The van der Waals surface area contributed by atoms with E-state index in [1.807, 2.05) is 5.32 Å². The average molecular weight is 293 g/mol. The molecular weight excluding hydrogens is 283 g/mol. The van der Waals surface area contributed by atoms with Gasteiger partial charge in [0.2, 0.25) is 5.91 Å². The number of hydrogen-bond donors (Lipinski definition) is 2. The first-order valence-corrected chi connectivity index (χ1v) is 5.27. The van der Waals surface area contributed by atoms with Gasteiger partial charge in [-0.25, -0.2) is 4.79 Å². The molecule has 0 unspecified atom stereocenters. The van der Waals surface area contributed by atoms with E-state index in [0.29, 0.717) is 0 Å². The van der Waals surface area contributed by atoms with E-state index in [1.54, 1.807) is 0 Å². The zero-order chi connectivity index (χ0) is 15.3. The van der Waals surface area contributed by atoms with Gasteiger partial charge in [0, 0.05) is 13.5 Å². The number of amides is 3. The van der Waals surface area contributed by atoms with Crippen molar-refractivity contribution in [3.63, 3.8) is 0 Å². The molecule has 0 aromatic carbocycles. The maximum absolute atomic E-state index is 12.1. The van der Waals surface area contributed by atoms with Crippen molar-refractivity contribution in [1.82, 2.24) is 25.6 Å². The van der Waals surface area contributed by atoms with Gasteiger partial charge < -0.3 is 5.32 Å². The average Bonchev–Trinajstić information content (AvgIpc) is 2.82. The lowest BCUT2D eigenvalue weighted by atomic mass is 10.3. The Kier molecular flexibility index (Phi) is 4.78. The number of ketones is 1. The quantitative estimate of drug-likeness (QED) is 0.752. The van der Waals surface area contributed by atoms with Gasteiger partial charge in [-0.1, -0.05) is 5.21 Å². The summed E-state index contributed by atoms with van der Waals surface area (Å²) in [5, 5.41) is 10.5. The smallest absolute Gasteiger partial charge is 0.341 e. The van der Waals surface area contributed by atoms with Gasteiger partial charge >= 0.3 is 12.2 Å². The Labute approximate surface area is 110 Å². The first-order valence-electron chi connectivity index (χ1n) is 5.27. The lowest BCUT2D eigenvalue weighted by molar-refractivity contribution is -0.120. The van der Waals surface area contributed by atoms with Gasteiger partial charge in [-0.2, -0.15) is 13.2 Å². The van der Waals surface area contributed by atoms with Crippen LogP contribution in [0.4, 0.5) is 18.0 Å². The summed E-state index contributed by atoms with van der Waals surface area (Å²) < 4.78 is 37.2. The maximum Gasteiger partial charge on any atom is 0.456 e. The highest BCUT2D eigenvalue weighted by molar-refractivity contribution is 5.98. The number of alkyl halides is 3. The van der Waals surface area contributed by atoms with E-state index in [-0.39, 0.29) is 13.0 Å². The van der Waals surface area contributed by atoms with E-state index in [9.17, 15) is 27.6 Å². The van der Waals surface area contributed by atoms with E-state index in [0.717, 1.165) is 10.9 Å². The molecule has 0 aliphatic heterocycles. The molecule has 2 N–H and O–H groups in total. The Bertz CT molecular complexity index is 525. The number of nitrogens with one attached hydrogen (secondary N) is 2. The van der Waals surface area contributed by atoms with Crippen LogP contribution in [0.5, 0.6) is 0 Å². The molecule has 0 saturated carbocycles. The molecule has 110 valence electrons. The van der Waals surface area contributed by atoms with Gasteiger partial charge in [0.1, 0.15) is 0 Å². The third-order valence-corrected chi connectivity index (χ3v) is 2.08. The van der Waals surface area contributed by atoms with Crippen LogP contribution in [-0.4, -0.2) is 45.9 Å². The number of nitrogens with zero attached hydrogens (tertiary/aromatic N) is 3. The van der Waals surface area contributed by atoms with Crippen molar-refractivity contribution in [3.8, 4) is 0 Å². The number of aromatic nitrogens is 3. The highest BCUT2D eigenvalue weighted by Crippen LogP contribution is 2.19. The van der Waals surface area contributed by atoms with Crippen LogP contribution in [0.3, 0.4) is 0 Å². The predicted octanol–water partition coefficient (Wildman–Crippen LogP) is -0.131. The second-order valence-electron chi connectivity index (χ2n) is 3.57. The Morgan fingerprint density at radius 2 is 2.00 bits per heavy atom. The lowest BCUT2D eigenvalue weighted by Gasteiger charge is -2.02. The number of hydrogen-bond acceptors (Lipinski definition) is 5. The Balaban J connectivity index is 2.55. The van der Waals surface area contributed by atoms with Crippen LogP contribution >= 0.6 is 0 Å². The molecule has 8 nitrogen and oxygen atoms in total. The highest BCUT2D eigenvalue weighted by Gasteiger charge is 2.41. The van der Waals surface area contributed by atoms with Crippen LogP contribution in [0.25, 0.3) is 0 Å². The van der Waals surface area contributed by atoms with Gasteiger partial charge in [0.05, 0.1) is 12.7 Å². The number of Topliss-reactive ketones (excluding diaryl/α,β-unsaturated/α-hetero) is 1. The summed E-state index contributed by atoms with van der Waals surface area (Å²) in [7, 11) is 1.31. The van der Waals surface area contributed by atoms with E-state index in [2.05, 4.69) is 15.6 Å². The van der Waals surface area contributed by atoms with Crippen molar-refractivity contribution >= 4 is 17.7 Å². The van der Waals surface area contributed by atoms with Crippen LogP contribution in [0.1, 0.15) is 16.9 Å². The molecule has 0 bridgehead atoms. The van der Waals surface area contributed by atoms with Gasteiger partial charge in [0.15, 0.2) is 5.69 Å². The van der Waals surface area contributed by atoms with Crippen molar-refractivity contribution in [3.05, 3.63) is 11.9 Å². The second kappa shape index (κ2) is 6.12. The van der Waals surface area contributed by atoms with Crippen molar-refractivity contribution in [2.45, 2.75) is 19.1 Å². The predicted molar refractivity (Wildman–Crippen MR) is 57.6 cm³/mol. The molecule has 3 amide bonds. The summed E-state index contributed by atoms with van der Waals surface area (Å²) >= 11 is 0. The van der Waals surface area contributed by atoms with Crippen molar-refractivity contribution in [1.29, 1.82) is 0 Å². The van der Waals surface area contributed by atoms with Crippen molar-refractivity contribution < 1.29 is 27.6 Å². The molecule has 11 heteroatoms. The fraction of sp³-hybridized carbons (Fsp3) is 0.444. The second-order valence-corrected chi connectivity index (χ2v) is 3.57. The number of rotatable bonds is 4. The van der Waals surface area contributed by atoms with E-state index < -0.39 is 29.6 Å². The molecule has 1 aromatic rings. The minimum Gasteiger partial charge on any atom is -0.341 e. The molecule has 1 heterocycles. The van der Waals surface area contributed by atoms with E-state index in [1.165, 1.54) is 7.05 Å². The van der Waals surface area contributed by atoms with Gasteiger partial charge in [-0.3, -0.25) is 19.6 Å². The SMILES string of the molecule is CNC(=O)NC(=O)CCn1cc(C(=O)C(F)(F)F)nn1. The summed E-state index contributed by atoms with van der Waals surface area (Å²) in [6, 6.07) is -0.707. The Morgan fingerprint density at radius 1 is 1.35 bits per heavy atom. The summed E-state index contributed by atoms with van der Waals surface area (Å²) in [4.78, 5) is 32.8. The fourth-order valence-corrected chi connectivity index (χ4v) is 1.12. The normalized spacial score (nSPS) is 11.0. The number of urea groups is 1. The summed E-state index contributed by atoms with van der Waals surface area (Å²) in [5.41, 5.74) is -0.857. The van der Waals surface area contributed by atoms with Crippen LogP contribution in [-0.2, 0) is 11.3 Å². The number of halogens is 3. The van der Waals surface area contributed by atoms with Crippen molar-refractivity contribution in [2.24, 2.45) is 0 Å². The van der Waals surface area contributed by atoms with E-state index >= 15 is 0 Å². The van der Waals surface area contributed by atoms with Gasteiger partial charge in [-0.05, 0) is 0 Å². The molecule has 0 spiro atoms. The van der Waals surface area contributed by atoms with E-state index in [4.69, 9.17) is 0 Å². The first kappa shape index (κ1) is 15.6. The Hall–Kier alpha value is -2.46. The molecule has 1 rings (SSSR count). The molecule has 0 saturated heterocycles. The van der Waals surface area contributed by atoms with Crippen molar-refractivity contribution in [2.75, 3.05) is 7.05 Å². The highest BCUT2D eigenvalue weighted by atomic mass is 19.4. The maximum atomic E-state index is 12.1. The number of aryl methyl sites for hydroxylation is 1. The zero-order valence-corrected chi connectivity index (χ0v) is 10.2. The molecule has 0 radical (unpaired) electrons. The number of imide groups is 1. The van der Waals surface area contributed by atoms with Crippen LogP contribution in [0.15, 0.2) is 6.20 Å². The first-order chi connectivity index (χ1) is 9.24. The Morgan fingerprint density at radius 3 is 2.55 bits per heavy atom. The standard InChI is InChI=1S/C9H10F3N5O3/c1-13-8(20)14-6(18)2-3-17-4-5(15-16-17)7(19)9(10,11)12/h4H,2-3H2,1H3,(H2,13,14,18,20). The molecule has 0 atom stereocenters. The largest absolute Gasteiger partial charge is 0.456 e. The third-order valence-electron chi connectivity index (χ3n) is 2.08. The number of carbonyl (C=O) groups is 3. The molecule has 0 aliphatic carbocycles. The lowest BCUT2D eigenvalue weighted by Crippen LogP contribution is -2.37. The molecule has 0 fully saturated rings. The monoisotopic (exact) mass is 293 g/mol. The number of carbonyl (C=O) groups excluding carboxylic acids is 3. The minimum absolute atomic E-state index is 0.124. The molecular formula is C9H10F3N5O3. The summed E-state index contributed by atoms with van der Waals surface area (Å²) in [5.74, 6) is -2.76. The fourth-order valence-electron chi connectivity index (χ4n) is 1.12. The minimum atomic E-state index is -5.03. The van der Waals surface area contributed by atoms with Gasteiger partial charge in [-0.15, -0.1) is 5.10 Å². The molecule has 0 aliphatic rings. The molecule has 20 heavy (non-hydrogen) atoms. The topological polar surface area (TPSA) is 106 Å². The van der Waals surface area contributed by atoms with Crippen LogP contribution in [0.2, 0.25) is 0 Å². The van der Waals surface area contributed by atoms with Crippen LogP contribution < -0.4 is 10.6 Å². The van der Waals surface area contributed by atoms with Crippen LogP contribution in [0, 0.1) is 0 Å².